The van der Waals surface area contributed by atoms with E-state index in [-0.39, 0.29) is 16.0 Å². The fraction of sp³-hybridized carbons (Fsp3) is 0.857. The van der Waals surface area contributed by atoms with Crippen molar-refractivity contribution in [3.63, 3.8) is 0 Å². The van der Waals surface area contributed by atoms with Gasteiger partial charge in [0.2, 0.25) is 0 Å². The minimum absolute atomic E-state index is 0.107. The van der Waals surface area contributed by atoms with Gasteiger partial charge in [-0.15, -0.1) is 0 Å². The normalized spacial score (nSPS) is 16.2. The molecule has 2 N–H and O–H groups in total. The minimum Gasteiger partial charge on any atom is -0.451 e. The molecule has 0 saturated heterocycles. The van der Waals surface area contributed by atoms with Crippen LogP contribution in [0.5, 0.6) is 0 Å². The fourth-order valence-corrected chi connectivity index (χ4v) is 0.761. The smallest absolute Gasteiger partial charge is 0.324 e. The molecule has 0 rings (SSSR count). The Bertz CT molecular complexity index is 136. The number of esters is 1. The van der Waals surface area contributed by atoms with Gasteiger partial charge in [0, 0.05) is 0 Å². The van der Waals surface area contributed by atoms with Crippen molar-refractivity contribution in [1.82, 2.24) is 0 Å². The number of hydrogen-bond donors (Lipinski definition) is 1. The van der Waals surface area contributed by atoms with Gasteiger partial charge in [0.05, 0.1) is 0 Å². The van der Waals surface area contributed by atoms with Crippen LogP contribution < -0.4 is 5.73 Å². The fourth-order valence-electron chi connectivity index (χ4n) is 0.511. The first-order valence-electron chi connectivity index (χ1n) is 3.55. The Kier molecular flexibility index (Phi) is 4.99. The molecule has 2 atom stereocenters. The summed E-state index contributed by atoms with van der Waals surface area (Å²) in [7, 11) is 0. The molecule has 0 heterocycles. The topological polar surface area (TPSA) is 52.3 Å². The van der Waals surface area contributed by atoms with Crippen molar-refractivity contribution in [3.05, 3.63) is 0 Å². The van der Waals surface area contributed by atoms with Crippen molar-refractivity contribution in [2.75, 3.05) is 0 Å². The van der Waals surface area contributed by atoms with E-state index in [4.69, 9.17) is 10.5 Å². The molecule has 0 saturated carbocycles. The van der Waals surface area contributed by atoms with Crippen LogP contribution in [0, 0.1) is 5.92 Å². The van der Waals surface area contributed by atoms with Crippen LogP contribution in [0.2, 0.25) is 0 Å². The van der Waals surface area contributed by atoms with Crippen molar-refractivity contribution in [1.29, 1.82) is 0 Å². The molecular weight excluding hydrogens is 257 g/mol. The lowest BCUT2D eigenvalue weighted by molar-refractivity contribution is -0.146. The first kappa shape index (κ1) is 11.2. The first-order valence-corrected chi connectivity index (χ1v) is 4.80. The van der Waals surface area contributed by atoms with E-state index in [2.05, 4.69) is 0 Å². The zero-order valence-electron chi connectivity index (χ0n) is 7.00. The number of carbonyl (C=O) groups excluding carboxylic acids is 1. The summed E-state index contributed by atoms with van der Waals surface area (Å²) < 4.78 is 4.79. The molecule has 0 amide bonds. The highest BCUT2D eigenvalue weighted by Crippen LogP contribution is 2.06. The first-order chi connectivity index (χ1) is 4.95. The van der Waals surface area contributed by atoms with Gasteiger partial charge in [0.25, 0.3) is 0 Å². The monoisotopic (exact) mass is 271 g/mol. The molecule has 4 heteroatoms. The van der Waals surface area contributed by atoms with Crippen molar-refractivity contribution in [2.45, 2.75) is 30.9 Å². The molecule has 66 valence electrons. The molecule has 0 aliphatic heterocycles. The van der Waals surface area contributed by atoms with Crippen LogP contribution in [0.3, 0.4) is 0 Å². The molecule has 0 bridgehead atoms. The van der Waals surface area contributed by atoms with Gasteiger partial charge in [-0.25, -0.2) is 0 Å². The van der Waals surface area contributed by atoms with E-state index in [1.54, 1.807) is 6.92 Å². The number of carbonyl (C=O) groups is 1. The molecule has 0 aromatic carbocycles. The lowest BCUT2D eigenvalue weighted by atomic mass is 10.1. The third-order valence-corrected chi connectivity index (χ3v) is 1.52. The summed E-state index contributed by atoms with van der Waals surface area (Å²) in [6.07, 6.45) is 0. The highest BCUT2D eigenvalue weighted by molar-refractivity contribution is 14.1. The number of alkyl halides is 1. The predicted octanol–water partition coefficient (Wildman–Crippen LogP) is 1.29. The highest BCUT2D eigenvalue weighted by atomic mass is 127. The van der Waals surface area contributed by atoms with Crippen LogP contribution in [0.4, 0.5) is 0 Å². The number of ether oxygens (including phenoxy) is 1. The van der Waals surface area contributed by atoms with Crippen LogP contribution in [0.15, 0.2) is 0 Å². The van der Waals surface area contributed by atoms with Crippen molar-refractivity contribution in [3.8, 4) is 0 Å². The molecule has 0 aromatic rings. The van der Waals surface area contributed by atoms with Gasteiger partial charge in [-0.1, -0.05) is 13.8 Å². The van der Waals surface area contributed by atoms with Crippen LogP contribution in [-0.2, 0) is 9.53 Å². The number of hydrogen-bond acceptors (Lipinski definition) is 3. The maximum Gasteiger partial charge on any atom is 0.324 e. The maximum absolute atomic E-state index is 11.0. The molecule has 1 unspecified atom stereocenters. The number of nitrogens with two attached hydrogens (primary N) is 1. The molecule has 0 spiro atoms. The molecule has 3 nitrogen and oxygen atoms in total. The third kappa shape index (κ3) is 4.58. The van der Waals surface area contributed by atoms with Gasteiger partial charge in [0.1, 0.15) is 10.2 Å². The van der Waals surface area contributed by atoms with Crippen LogP contribution in [0.25, 0.3) is 0 Å². The van der Waals surface area contributed by atoms with E-state index in [1.165, 1.54) is 0 Å². The van der Waals surface area contributed by atoms with E-state index in [0.29, 0.717) is 0 Å². The second-order valence-corrected chi connectivity index (χ2v) is 4.50. The average Bonchev–Trinajstić information content (AvgIpc) is 1.84. The zero-order chi connectivity index (χ0) is 9.02. The molecule has 0 aliphatic carbocycles. The number of halogens is 1. The highest BCUT2D eigenvalue weighted by Gasteiger charge is 2.19. The van der Waals surface area contributed by atoms with E-state index in [9.17, 15) is 4.79 Å². The Balaban J connectivity index is 3.83. The summed E-state index contributed by atoms with van der Waals surface area (Å²) in [5.41, 5.74) is 5.53. The van der Waals surface area contributed by atoms with Gasteiger partial charge in [-0.3, -0.25) is 4.79 Å². The Morgan fingerprint density at radius 2 is 1.91 bits per heavy atom. The lowest BCUT2D eigenvalue weighted by Crippen LogP contribution is -2.37. The van der Waals surface area contributed by atoms with Crippen molar-refractivity contribution < 1.29 is 9.53 Å². The summed E-state index contributed by atoms with van der Waals surface area (Å²) in [4.78, 5) is 11.0. The van der Waals surface area contributed by atoms with Crippen LogP contribution in [-0.4, -0.2) is 16.1 Å². The van der Waals surface area contributed by atoms with Gasteiger partial charge >= 0.3 is 5.97 Å². The van der Waals surface area contributed by atoms with E-state index >= 15 is 0 Å². The summed E-state index contributed by atoms with van der Waals surface area (Å²) >= 11 is 2.02. The van der Waals surface area contributed by atoms with E-state index in [0.717, 1.165) is 0 Å². The number of rotatable bonds is 3. The van der Waals surface area contributed by atoms with Crippen molar-refractivity contribution >= 4 is 28.6 Å². The van der Waals surface area contributed by atoms with Gasteiger partial charge in [-0.05, 0) is 35.4 Å². The quantitative estimate of drug-likeness (QED) is 0.478. The second kappa shape index (κ2) is 4.92. The maximum atomic E-state index is 11.0. The minimum atomic E-state index is -0.493. The summed E-state index contributed by atoms with van der Waals surface area (Å²) in [5.74, 6) is -0.181. The molecule has 0 radical (unpaired) electrons. The van der Waals surface area contributed by atoms with Crippen molar-refractivity contribution in [2.24, 2.45) is 11.7 Å². The lowest BCUT2D eigenvalue weighted by Gasteiger charge is -2.15. The Labute approximate surface area is 80.8 Å². The molecular formula is C7H14INO2. The Morgan fingerprint density at radius 3 is 2.18 bits per heavy atom. The molecule has 0 aromatic heterocycles. The Hall–Kier alpha value is 0.160. The molecule has 0 fully saturated rings. The SMILES string of the molecule is CC(I)OC(=O)[C@@H](N)C(C)C. The van der Waals surface area contributed by atoms with Crippen LogP contribution >= 0.6 is 22.6 Å². The zero-order valence-corrected chi connectivity index (χ0v) is 9.16. The largest absolute Gasteiger partial charge is 0.451 e. The molecule has 0 aliphatic rings. The molecule has 11 heavy (non-hydrogen) atoms. The van der Waals surface area contributed by atoms with Gasteiger partial charge < -0.3 is 10.5 Å². The second-order valence-electron chi connectivity index (χ2n) is 2.75. The van der Waals surface area contributed by atoms with E-state index < -0.39 is 6.04 Å². The average molecular weight is 271 g/mol. The van der Waals surface area contributed by atoms with E-state index in [1.807, 2.05) is 36.4 Å². The summed E-state index contributed by atoms with van der Waals surface area (Å²) in [6.45, 7) is 5.58. The van der Waals surface area contributed by atoms with Gasteiger partial charge in [0.15, 0.2) is 0 Å². The third-order valence-electron chi connectivity index (χ3n) is 1.27. The Morgan fingerprint density at radius 1 is 1.45 bits per heavy atom. The standard InChI is InChI=1S/C7H14INO2/c1-4(2)6(9)7(10)11-5(3)8/h4-6H,9H2,1-3H3/t5?,6-/m0/s1. The van der Waals surface area contributed by atoms with Gasteiger partial charge in [-0.2, -0.15) is 0 Å². The predicted molar refractivity (Wildman–Crippen MR) is 52.4 cm³/mol. The summed E-state index contributed by atoms with van der Waals surface area (Å²) in [5, 5.41) is 0. The summed E-state index contributed by atoms with van der Waals surface area (Å²) in [6, 6.07) is -0.493. The van der Waals surface area contributed by atoms with Crippen LogP contribution in [0.1, 0.15) is 20.8 Å².